The van der Waals surface area contributed by atoms with E-state index in [9.17, 15) is 4.79 Å². The van der Waals surface area contributed by atoms with E-state index in [1.54, 1.807) is 17.0 Å². The van der Waals surface area contributed by atoms with Crippen molar-refractivity contribution in [3.8, 4) is 0 Å². The molecule has 1 atom stereocenters. The van der Waals surface area contributed by atoms with E-state index in [-0.39, 0.29) is 11.7 Å². The second kappa shape index (κ2) is 6.28. The number of fused-ring (bicyclic) bond motifs is 4. The largest absolute Gasteiger partial charge is 0.376 e. The Bertz CT molecular complexity index is 1230. The Morgan fingerprint density at radius 2 is 2.04 bits per heavy atom. The van der Waals surface area contributed by atoms with Gasteiger partial charge in [0.05, 0.1) is 30.0 Å². The van der Waals surface area contributed by atoms with Crippen LogP contribution in [0, 0.1) is 0 Å². The summed E-state index contributed by atoms with van der Waals surface area (Å²) in [6.45, 7) is 5.60. The van der Waals surface area contributed by atoms with Crippen molar-refractivity contribution < 1.29 is 4.74 Å². The second-order valence-electron chi connectivity index (χ2n) is 6.82. The predicted octanol–water partition coefficient (Wildman–Crippen LogP) is 2.66. The topological polar surface area (TPSA) is 74.8 Å². The quantitative estimate of drug-likeness (QED) is 0.523. The van der Waals surface area contributed by atoms with Gasteiger partial charge in [-0.05, 0) is 25.0 Å². The average molecular weight is 361 g/mol. The number of nitrogens with zero attached hydrogens (tertiary/aromatic N) is 5. The number of benzene rings is 1. The Hall–Kier alpha value is -3.06. The van der Waals surface area contributed by atoms with Crippen molar-refractivity contribution in [2.45, 2.75) is 32.0 Å². The summed E-state index contributed by atoms with van der Waals surface area (Å²) in [6, 6.07) is 7.66. The van der Waals surface area contributed by atoms with Crippen LogP contribution < -0.4 is 5.56 Å². The van der Waals surface area contributed by atoms with Gasteiger partial charge in [-0.3, -0.25) is 9.36 Å². The number of ether oxygens (including phenoxy) is 1. The first-order chi connectivity index (χ1) is 13.3. The van der Waals surface area contributed by atoms with Crippen molar-refractivity contribution in [2.24, 2.45) is 0 Å². The van der Waals surface area contributed by atoms with Crippen molar-refractivity contribution in [1.82, 2.24) is 24.1 Å². The molecule has 0 spiro atoms. The molecule has 1 fully saturated rings. The Balaban J connectivity index is 1.81. The minimum absolute atomic E-state index is 0.0652. The van der Waals surface area contributed by atoms with Gasteiger partial charge in [-0.25, -0.2) is 15.0 Å². The first-order valence-corrected chi connectivity index (χ1v) is 9.13. The molecule has 1 saturated heterocycles. The monoisotopic (exact) mass is 361 g/mol. The van der Waals surface area contributed by atoms with E-state index in [1.165, 1.54) is 0 Å². The van der Waals surface area contributed by atoms with Crippen molar-refractivity contribution in [3.05, 3.63) is 53.6 Å². The van der Waals surface area contributed by atoms with Crippen LogP contribution >= 0.6 is 0 Å². The van der Waals surface area contributed by atoms with Gasteiger partial charge in [0.15, 0.2) is 11.3 Å². The molecule has 3 aromatic heterocycles. The molecule has 0 N–H and O–H groups in total. The van der Waals surface area contributed by atoms with Gasteiger partial charge < -0.3 is 9.30 Å². The van der Waals surface area contributed by atoms with E-state index in [0.717, 1.165) is 30.5 Å². The van der Waals surface area contributed by atoms with Crippen LogP contribution in [0.4, 0.5) is 0 Å². The van der Waals surface area contributed by atoms with Crippen molar-refractivity contribution >= 4 is 33.2 Å². The van der Waals surface area contributed by atoms with Crippen LogP contribution in [-0.2, 0) is 17.8 Å². The molecule has 27 heavy (non-hydrogen) atoms. The van der Waals surface area contributed by atoms with Crippen LogP contribution in [0.15, 0.2) is 48.0 Å². The smallest absolute Gasteiger partial charge is 0.265 e. The molecule has 7 nitrogen and oxygen atoms in total. The van der Waals surface area contributed by atoms with Crippen LogP contribution in [0.25, 0.3) is 33.2 Å². The Morgan fingerprint density at radius 3 is 2.78 bits per heavy atom. The average Bonchev–Trinajstić information content (AvgIpc) is 3.30. The highest BCUT2D eigenvalue weighted by Crippen LogP contribution is 2.25. The SMILES string of the molecule is C=CCn1c2nc3ccccc3nc2c2c(=O)n(C[C@H]3CCCO3)cnc21. The lowest BCUT2D eigenvalue weighted by Gasteiger charge is -2.11. The number of aromatic nitrogens is 5. The first kappa shape index (κ1) is 16.1. The fourth-order valence-corrected chi connectivity index (χ4v) is 3.78. The molecule has 4 heterocycles. The zero-order valence-corrected chi connectivity index (χ0v) is 14.8. The number of rotatable bonds is 4. The first-order valence-electron chi connectivity index (χ1n) is 9.13. The van der Waals surface area contributed by atoms with Crippen LogP contribution in [-0.4, -0.2) is 36.8 Å². The lowest BCUT2D eigenvalue weighted by Crippen LogP contribution is -2.26. The van der Waals surface area contributed by atoms with Crippen LogP contribution in [0.2, 0.25) is 0 Å². The van der Waals surface area contributed by atoms with Gasteiger partial charge >= 0.3 is 0 Å². The van der Waals surface area contributed by atoms with E-state index in [0.29, 0.717) is 35.3 Å². The summed E-state index contributed by atoms with van der Waals surface area (Å²) in [7, 11) is 0. The van der Waals surface area contributed by atoms with Gasteiger partial charge in [0.1, 0.15) is 10.9 Å². The zero-order valence-electron chi connectivity index (χ0n) is 14.8. The lowest BCUT2D eigenvalue weighted by molar-refractivity contribution is 0.0960. The van der Waals surface area contributed by atoms with Gasteiger partial charge in [-0.1, -0.05) is 18.2 Å². The Labute approximate surface area is 154 Å². The minimum atomic E-state index is -0.104. The van der Waals surface area contributed by atoms with Gasteiger partial charge in [-0.2, -0.15) is 0 Å². The number of hydrogen-bond acceptors (Lipinski definition) is 5. The molecule has 0 saturated carbocycles. The maximum atomic E-state index is 13.2. The van der Waals surface area contributed by atoms with Gasteiger partial charge in [0.25, 0.3) is 5.56 Å². The van der Waals surface area contributed by atoms with Crippen molar-refractivity contribution in [3.63, 3.8) is 0 Å². The van der Waals surface area contributed by atoms with E-state index >= 15 is 0 Å². The fourth-order valence-electron chi connectivity index (χ4n) is 3.78. The van der Waals surface area contributed by atoms with Crippen LogP contribution in [0.5, 0.6) is 0 Å². The summed E-state index contributed by atoms with van der Waals surface area (Å²) in [5.41, 5.74) is 3.28. The third-order valence-electron chi connectivity index (χ3n) is 5.05. The van der Waals surface area contributed by atoms with Gasteiger partial charge in [0, 0.05) is 13.2 Å². The molecule has 0 bridgehead atoms. The maximum absolute atomic E-state index is 13.2. The molecule has 0 aliphatic carbocycles. The number of hydrogen-bond donors (Lipinski definition) is 0. The third-order valence-corrected chi connectivity index (χ3v) is 5.05. The van der Waals surface area contributed by atoms with Crippen LogP contribution in [0.3, 0.4) is 0 Å². The number of allylic oxidation sites excluding steroid dienone is 1. The third kappa shape index (κ3) is 2.54. The van der Waals surface area contributed by atoms with E-state index in [1.807, 2.05) is 28.8 Å². The van der Waals surface area contributed by atoms with E-state index in [2.05, 4.69) is 11.6 Å². The Kier molecular flexibility index (Phi) is 3.75. The summed E-state index contributed by atoms with van der Waals surface area (Å²) in [4.78, 5) is 27.3. The molecule has 0 amide bonds. The van der Waals surface area contributed by atoms with Crippen LogP contribution in [0.1, 0.15) is 12.8 Å². The highest BCUT2D eigenvalue weighted by molar-refractivity contribution is 6.04. The Morgan fingerprint density at radius 1 is 1.22 bits per heavy atom. The summed E-state index contributed by atoms with van der Waals surface area (Å²) >= 11 is 0. The zero-order chi connectivity index (χ0) is 18.4. The second-order valence-corrected chi connectivity index (χ2v) is 6.82. The molecule has 136 valence electrons. The molecule has 4 aromatic rings. The summed E-state index contributed by atoms with van der Waals surface area (Å²) < 4.78 is 9.21. The highest BCUT2D eigenvalue weighted by atomic mass is 16.5. The molecule has 1 aliphatic rings. The van der Waals surface area contributed by atoms with Crippen molar-refractivity contribution in [1.29, 1.82) is 0 Å². The molecular weight excluding hydrogens is 342 g/mol. The normalized spacial score (nSPS) is 17.3. The maximum Gasteiger partial charge on any atom is 0.265 e. The van der Waals surface area contributed by atoms with Crippen molar-refractivity contribution in [2.75, 3.05) is 6.61 Å². The molecule has 1 aromatic carbocycles. The predicted molar refractivity (Wildman–Crippen MR) is 104 cm³/mol. The number of para-hydroxylation sites is 2. The van der Waals surface area contributed by atoms with E-state index < -0.39 is 0 Å². The summed E-state index contributed by atoms with van der Waals surface area (Å²) in [5, 5.41) is 0.505. The lowest BCUT2D eigenvalue weighted by atomic mass is 10.2. The minimum Gasteiger partial charge on any atom is -0.376 e. The molecular formula is C20H19N5O2. The van der Waals surface area contributed by atoms with Gasteiger partial charge in [-0.15, -0.1) is 6.58 Å². The summed E-state index contributed by atoms with van der Waals surface area (Å²) in [5.74, 6) is 0. The summed E-state index contributed by atoms with van der Waals surface area (Å²) in [6.07, 6.45) is 5.44. The van der Waals surface area contributed by atoms with Gasteiger partial charge in [0.2, 0.25) is 0 Å². The standard InChI is InChI=1S/C20H19N5O2/c1-2-9-25-18-16(17-19(25)23-15-8-4-3-7-14(15)22-17)20(26)24(12-21-18)11-13-6-5-10-27-13/h2-4,7-8,12-13H,1,5-6,9-11H2/t13-/m1/s1. The molecule has 5 rings (SSSR count). The highest BCUT2D eigenvalue weighted by Gasteiger charge is 2.21. The fraction of sp³-hybridized carbons (Fsp3) is 0.300. The molecule has 0 unspecified atom stereocenters. The molecule has 7 heteroatoms. The van der Waals surface area contributed by atoms with E-state index in [4.69, 9.17) is 14.7 Å². The molecule has 0 radical (unpaired) electrons. The molecule has 1 aliphatic heterocycles.